The summed E-state index contributed by atoms with van der Waals surface area (Å²) in [6, 6.07) is 14.7. The molecule has 8 nitrogen and oxygen atoms in total. The number of hydrogen-bond acceptors (Lipinski definition) is 7. The number of aryl methyl sites for hydroxylation is 1. The van der Waals surface area contributed by atoms with Crippen molar-refractivity contribution in [1.29, 1.82) is 0 Å². The molecule has 1 atom stereocenters. The number of pyridine rings is 1. The van der Waals surface area contributed by atoms with Crippen molar-refractivity contribution in [3.05, 3.63) is 77.6 Å². The highest BCUT2D eigenvalue weighted by Gasteiger charge is 2.40. The topological polar surface area (TPSA) is 116 Å². The van der Waals surface area contributed by atoms with E-state index in [1.807, 2.05) is 30.3 Å². The lowest BCUT2D eigenvalue weighted by Crippen LogP contribution is -2.27. The lowest BCUT2D eigenvalue weighted by atomic mass is 9.82. The maximum atomic E-state index is 12.7. The molecule has 2 aromatic carbocycles. The fourth-order valence-electron chi connectivity index (χ4n) is 3.67. The first-order chi connectivity index (χ1) is 16.3. The van der Waals surface area contributed by atoms with Gasteiger partial charge in [-0.25, -0.2) is 4.99 Å². The Bertz CT molecular complexity index is 1190. The zero-order valence-corrected chi connectivity index (χ0v) is 18.4. The summed E-state index contributed by atoms with van der Waals surface area (Å²) in [7, 11) is 1.59. The molecule has 1 aliphatic rings. The first-order valence-corrected chi connectivity index (χ1v) is 10.0. The molecule has 4 rings (SSSR count). The zero-order chi connectivity index (χ0) is 24.7. The summed E-state index contributed by atoms with van der Waals surface area (Å²) in [6.07, 6.45) is 3.38. The van der Waals surface area contributed by atoms with E-state index in [-0.39, 0.29) is 24.9 Å². The Morgan fingerprint density at radius 3 is 2.50 bits per heavy atom. The van der Waals surface area contributed by atoms with Crippen molar-refractivity contribution in [2.24, 2.45) is 10.7 Å². The molecule has 0 saturated carbocycles. The number of amidine groups is 1. The maximum absolute atomic E-state index is 12.7. The number of halogens is 2. The molecule has 0 amide bonds. The molecular formula is C24H23F2N3O5. The third-order valence-electron chi connectivity index (χ3n) is 5.22. The van der Waals surface area contributed by atoms with Crippen LogP contribution in [0.1, 0.15) is 16.7 Å². The Kier molecular flexibility index (Phi) is 7.62. The van der Waals surface area contributed by atoms with Crippen molar-refractivity contribution < 1.29 is 32.9 Å². The lowest BCUT2D eigenvalue weighted by Gasteiger charge is -2.26. The number of benzene rings is 2. The van der Waals surface area contributed by atoms with Crippen molar-refractivity contribution in [2.75, 3.05) is 13.7 Å². The molecule has 3 aromatic rings. The summed E-state index contributed by atoms with van der Waals surface area (Å²) in [4.78, 5) is 17.2. The average molecular weight is 471 g/mol. The summed E-state index contributed by atoms with van der Waals surface area (Å²) in [5.41, 5.74) is 8.92. The Morgan fingerprint density at radius 2 is 1.88 bits per heavy atom. The Balaban J connectivity index is 0.00000103. The smallest absolute Gasteiger partial charge is 0.387 e. The predicted octanol–water partition coefficient (Wildman–Crippen LogP) is 3.96. The summed E-state index contributed by atoms with van der Waals surface area (Å²) < 4.78 is 40.7. The number of aromatic nitrogens is 1. The molecule has 1 aromatic heterocycles. The van der Waals surface area contributed by atoms with E-state index >= 15 is 0 Å². The predicted molar refractivity (Wildman–Crippen MR) is 121 cm³/mol. The van der Waals surface area contributed by atoms with Gasteiger partial charge in [-0.05, 0) is 53.4 Å². The molecule has 10 heteroatoms. The number of rotatable bonds is 6. The number of alkyl halides is 2. The van der Waals surface area contributed by atoms with Crippen LogP contribution in [0.5, 0.6) is 11.5 Å². The quantitative estimate of drug-likeness (QED) is 0.523. The van der Waals surface area contributed by atoms with Gasteiger partial charge in [-0.15, -0.1) is 0 Å². The summed E-state index contributed by atoms with van der Waals surface area (Å²) in [6.45, 7) is -1.25. The lowest BCUT2D eigenvalue weighted by molar-refractivity contribution is -0.122. The van der Waals surface area contributed by atoms with E-state index in [1.54, 1.807) is 38.6 Å². The van der Waals surface area contributed by atoms with Crippen LogP contribution in [-0.2, 0) is 15.1 Å². The Hall–Kier alpha value is -4.21. The highest BCUT2D eigenvalue weighted by atomic mass is 19.3. The van der Waals surface area contributed by atoms with Gasteiger partial charge in [0, 0.05) is 11.8 Å². The van der Waals surface area contributed by atoms with Crippen molar-refractivity contribution in [3.8, 4) is 22.6 Å². The largest absolute Gasteiger partial charge is 0.495 e. The molecule has 2 heterocycles. The molecule has 0 fully saturated rings. The maximum Gasteiger partial charge on any atom is 0.387 e. The fraction of sp³-hybridized carbons (Fsp3) is 0.208. The molecule has 34 heavy (non-hydrogen) atoms. The van der Waals surface area contributed by atoms with E-state index in [2.05, 4.69) is 14.7 Å². The number of carboxylic acid groups (broad SMARTS) is 1. The third-order valence-corrected chi connectivity index (χ3v) is 5.22. The summed E-state index contributed by atoms with van der Waals surface area (Å²) in [5, 5.41) is 6.89. The number of hydrogen-bond donors (Lipinski definition) is 2. The molecule has 0 spiro atoms. The average Bonchev–Trinajstić information content (AvgIpc) is 3.23. The van der Waals surface area contributed by atoms with Gasteiger partial charge in [0.2, 0.25) is 0 Å². The second kappa shape index (κ2) is 10.6. The van der Waals surface area contributed by atoms with Gasteiger partial charge >= 0.3 is 6.61 Å². The molecular weight excluding hydrogens is 448 g/mol. The zero-order valence-electron chi connectivity index (χ0n) is 18.4. The van der Waals surface area contributed by atoms with Crippen LogP contribution >= 0.6 is 0 Å². The molecule has 0 radical (unpaired) electrons. The van der Waals surface area contributed by atoms with Gasteiger partial charge in [0.25, 0.3) is 12.5 Å². The molecule has 178 valence electrons. The van der Waals surface area contributed by atoms with Crippen molar-refractivity contribution >= 4 is 12.5 Å². The standard InChI is InChI=1S/C23H21F2N3O3.CH2O2/c1-14-8-18(6-7-20(14)31-21(24)25)23(13-30-22(26)28-23)17-5-3-4-15(9-17)16-10-19(29-2)12-27-11-16;2-1-3/h3-12,21H,13H2,1-2H3,(H2,26,28);1H,(H,2,3). The van der Waals surface area contributed by atoms with Gasteiger partial charge in [-0.3, -0.25) is 9.78 Å². The minimum absolute atomic E-state index is 0.0685. The van der Waals surface area contributed by atoms with Crippen LogP contribution in [0.15, 0.2) is 65.9 Å². The van der Waals surface area contributed by atoms with Gasteiger partial charge in [0.15, 0.2) is 5.54 Å². The van der Waals surface area contributed by atoms with Gasteiger partial charge in [-0.1, -0.05) is 24.3 Å². The van der Waals surface area contributed by atoms with E-state index in [0.29, 0.717) is 11.3 Å². The van der Waals surface area contributed by atoms with Gasteiger partial charge in [0.05, 0.1) is 13.3 Å². The van der Waals surface area contributed by atoms with Crippen molar-refractivity contribution in [2.45, 2.75) is 19.1 Å². The van der Waals surface area contributed by atoms with E-state index in [1.165, 1.54) is 6.07 Å². The second-order valence-corrected chi connectivity index (χ2v) is 7.26. The molecule has 0 bridgehead atoms. The van der Waals surface area contributed by atoms with Gasteiger partial charge in [0.1, 0.15) is 18.1 Å². The number of nitrogens with two attached hydrogens (primary N) is 1. The molecule has 3 N–H and O–H groups in total. The van der Waals surface area contributed by atoms with Crippen molar-refractivity contribution in [1.82, 2.24) is 4.98 Å². The Labute approximate surface area is 194 Å². The van der Waals surface area contributed by atoms with Crippen LogP contribution < -0.4 is 15.2 Å². The highest BCUT2D eigenvalue weighted by molar-refractivity contribution is 5.76. The van der Waals surface area contributed by atoms with Crippen molar-refractivity contribution in [3.63, 3.8) is 0 Å². The van der Waals surface area contributed by atoms with Gasteiger partial charge < -0.3 is 25.1 Å². The second-order valence-electron chi connectivity index (χ2n) is 7.26. The van der Waals surface area contributed by atoms with E-state index in [4.69, 9.17) is 25.1 Å². The SMILES string of the molecule is COc1cncc(-c2cccc(C3(c4ccc(OC(F)F)c(C)c4)COC(N)=N3)c2)c1.O=CO. The molecule has 1 aliphatic heterocycles. The van der Waals surface area contributed by atoms with E-state index in [0.717, 1.165) is 22.3 Å². The summed E-state index contributed by atoms with van der Waals surface area (Å²) in [5.74, 6) is 0.760. The first kappa shape index (κ1) is 24.4. The molecule has 1 unspecified atom stereocenters. The monoisotopic (exact) mass is 471 g/mol. The third kappa shape index (κ3) is 5.22. The molecule has 0 saturated heterocycles. The first-order valence-electron chi connectivity index (χ1n) is 10.0. The van der Waals surface area contributed by atoms with Crippen LogP contribution in [0.25, 0.3) is 11.1 Å². The van der Waals surface area contributed by atoms with E-state index in [9.17, 15) is 8.78 Å². The highest BCUT2D eigenvalue weighted by Crippen LogP contribution is 2.40. The number of methoxy groups -OCH3 is 1. The number of aliphatic imine (C=N–C) groups is 1. The minimum Gasteiger partial charge on any atom is -0.495 e. The van der Waals surface area contributed by atoms with Crippen LogP contribution in [0, 0.1) is 6.92 Å². The Morgan fingerprint density at radius 1 is 1.15 bits per heavy atom. The van der Waals surface area contributed by atoms with Gasteiger partial charge in [-0.2, -0.15) is 8.78 Å². The number of carbonyl (C=O) groups is 1. The van der Waals surface area contributed by atoms with E-state index < -0.39 is 12.2 Å². The number of ether oxygens (including phenoxy) is 3. The summed E-state index contributed by atoms with van der Waals surface area (Å²) >= 11 is 0. The normalized spacial score (nSPS) is 16.7. The van der Waals surface area contributed by atoms with Crippen LogP contribution in [-0.4, -0.2) is 42.9 Å². The fourth-order valence-corrected chi connectivity index (χ4v) is 3.67. The van der Waals surface area contributed by atoms with Crippen LogP contribution in [0.3, 0.4) is 0 Å². The van der Waals surface area contributed by atoms with Crippen LogP contribution in [0.2, 0.25) is 0 Å². The molecule has 0 aliphatic carbocycles. The number of nitrogens with zero attached hydrogens (tertiary/aromatic N) is 2. The van der Waals surface area contributed by atoms with Crippen LogP contribution in [0.4, 0.5) is 8.78 Å². The minimum atomic E-state index is -2.89.